The molecule has 0 saturated heterocycles. The third-order valence-corrected chi connectivity index (χ3v) is 6.30. The maximum absolute atomic E-state index is 13.4. The van der Waals surface area contributed by atoms with Crippen LogP contribution in [0.1, 0.15) is 31.2 Å². The molecule has 0 aliphatic rings. The fourth-order valence-corrected chi connectivity index (χ4v) is 4.49. The molecule has 12 heteroatoms. The number of rotatable bonds is 8. The van der Waals surface area contributed by atoms with E-state index in [1.54, 1.807) is 22.8 Å². The van der Waals surface area contributed by atoms with Crippen molar-refractivity contribution in [2.45, 2.75) is 32.7 Å². The summed E-state index contributed by atoms with van der Waals surface area (Å²) in [6.07, 6.45) is 4.49. The molecule has 9 nitrogen and oxygen atoms in total. The van der Waals surface area contributed by atoms with Crippen molar-refractivity contribution >= 4 is 23.2 Å². The van der Waals surface area contributed by atoms with Crippen molar-refractivity contribution in [1.82, 2.24) is 39.5 Å². The van der Waals surface area contributed by atoms with Gasteiger partial charge in [0, 0.05) is 18.3 Å². The van der Waals surface area contributed by atoms with Crippen LogP contribution in [0.5, 0.6) is 0 Å². The summed E-state index contributed by atoms with van der Waals surface area (Å²) in [5.41, 5.74) is 2.79. The van der Waals surface area contributed by atoms with Crippen LogP contribution in [0.15, 0.2) is 65.6 Å². The van der Waals surface area contributed by atoms with E-state index in [1.807, 2.05) is 47.2 Å². The van der Waals surface area contributed by atoms with Gasteiger partial charge in [-0.2, -0.15) is 9.90 Å². The van der Waals surface area contributed by atoms with Crippen molar-refractivity contribution in [2.75, 3.05) is 0 Å². The van der Waals surface area contributed by atoms with Crippen LogP contribution in [0.25, 0.3) is 22.9 Å². The molecule has 5 rings (SSSR count). The maximum atomic E-state index is 13.4. The average Bonchev–Trinajstić information content (AvgIpc) is 3.61. The molecule has 0 aliphatic carbocycles. The Morgan fingerprint density at radius 3 is 2.42 bits per heavy atom. The van der Waals surface area contributed by atoms with Crippen LogP contribution in [0.4, 0.5) is 0 Å². The number of tetrazole rings is 1. The molecule has 0 atom stereocenters. The summed E-state index contributed by atoms with van der Waals surface area (Å²) in [7, 11) is 0. The molecule has 0 unspecified atom stereocenters. The van der Waals surface area contributed by atoms with Gasteiger partial charge >= 0.3 is 24.6 Å². The molecule has 36 heavy (non-hydrogen) atoms. The van der Waals surface area contributed by atoms with Gasteiger partial charge in [0.05, 0.1) is 28.1 Å². The normalized spacial score (nSPS) is 11.0. The number of aryl methyl sites for hydroxylation is 1. The van der Waals surface area contributed by atoms with E-state index >= 15 is 0 Å². The molecular weight excluding hydrogens is 494 g/mol. The predicted octanol–water partition coefficient (Wildman–Crippen LogP) is 1.34. The van der Waals surface area contributed by atoms with Crippen LogP contribution in [-0.4, -0.2) is 34.4 Å². The first-order valence-electron chi connectivity index (χ1n) is 11.2. The first-order valence-corrected chi connectivity index (χ1v) is 11.9. The van der Waals surface area contributed by atoms with Gasteiger partial charge in [0.2, 0.25) is 0 Å². The van der Waals surface area contributed by atoms with Crippen LogP contribution in [0.2, 0.25) is 10.0 Å². The van der Waals surface area contributed by atoms with Gasteiger partial charge in [0.1, 0.15) is 11.5 Å². The number of benzene rings is 2. The maximum Gasteiger partial charge on any atom is 1.00 e. The molecule has 0 fully saturated rings. The van der Waals surface area contributed by atoms with Crippen molar-refractivity contribution in [3.8, 4) is 22.9 Å². The van der Waals surface area contributed by atoms with Crippen molar-refractivity contribution in [3.63, 3.8) is 0 Å². The van der Waals surface area contributed by atoms with Crippen LogP contribution in [0.3, 0.4) is 0 Å². The first-order chi connectivity index (χ1) is 17.1. The molecule has 2 aromatic carbocycles. The van der Waals surface area contributed by atoms with E-state index < -0.39 is 0 Å². The fraction of sp³-hybridized carbons (Fsp3) is 0.208. The Bertz CT molecular complexity index is 1490. The van der Waals surface area contributed by atoms with Gasteiger partial charge in [-0.25, -0.2) is 4.79 Å². The molecule has 3 aromatic heterocycles. The van der Waals surface area contributed by atoms with Gasteiger partial charge in [-0.1, -0.05) is 54.7 Å². The largest absolute Gasteiger partial charge is 1.00 e. The third-order valence-electron chi connectivity index (χ3n) is 5.69. The Hall–Kier alpha value is -3.09. The van der Waals surface area contributed by atoms with E-state index in [0.29, 0.717) is 40.3 Å². The Morgan fingerprint density at radius 2 is 1.75 bits per heavy atom. The number of hydrogen-bond donors (Lipinski definition) is 0. The SMILES string of the molecule is CCCCc1nn(-c2c(Cl)cccc2Cl)c(=O)n1Cc1ccc(-n2cccc2-c2nnn[n-]2)cc1.[Li+]. The topological polar surface area (TPSA) is 97.5 Å². The summed E-state index contributed by atoms with van der Waals surface area (Å²) < 4.78 is 4.94. The predicted molar refractivity (Wildman–Crippen MR) is 133 cm³/mol. The molecule has 0 radical (unpaired) electrons. The standard InChI is InChI=1S/C24H21Cl2N8O.Li/c1-2-3-9-21-29-34(22-18(25)6-4-7-19(22)26)24(35)33(21)15-16-10-12-17(13-11-16)32-14-5-8-20(32)23-27-30-31-28-23;/h4-8,10-14H,2-3,9,15H2,1H3;/q-1;+1. The molecule has 0 aliphatic heterocycles. The van der Waals surface area contributed by atoms with Crippen LogP contribution in [-0.2, 0) is 13.0 Å². The number of aromatic nitrogens is 8. The monoisotopic (exact) mass is 514 g/mol. The Morgan fingerprint density at radius 1 is 1.00 bits per heavy atom. The smallest absolute Gasteiger partial charge is 0.329 e. The van der Waals surface area contributed by atoms with Gasteiger partial charge in [-0.05, 0) is 48.4 Å². The molecule has 3 heterocycles. The summed E-state index contributed by atoms with van der Waals surface area (Å²) in [5, 5.41) is 20.4. The summed E-state index contributed by atoms with van der Waals surface area (Å²) in [6, 6.07) is 16.9. The van der Waals surface area contributed by atoms with Crippen molar-refractivity contribution in [1.29, 1.82) is 0 Å². The van der Waals surface area contributed by atoms with Crippen LogP contribution < -0.4 is 29.6 Å². The minimum Gasteiger partial charge on any atom is -0.329 e. The van der Waals surface area contributed by atoms with Crippen molar-refractivity contribution in [3.05, 3.63) is 92.7 Å². The number of nitrogens with zero attached hydrogens (tertiary/aromatic N) is 8. The number of unbranched alkanes of at least 4 members (excludes halogenated alkanes) is 1. The minimum atomic E-state index is -0.281. The quantitative estimate of drug-likeness (QED) is 0.290. The summed E-state index contributed by atoms with van der Waals surface area (Å²) >= 11 is 12.7. The summed E-state index contributed by atoms with van der Waals surface area (Å²) in [5.74, 6) is 1.15. The Labute approximate surface area is 229 Å². The Kier molecular flexibility index (Phi) is 8.17. The second-order valence-corrected chi connectivity index (χ2v) is 8.82. The van der Waals surface area contributed by atoms with Crippen molar-refractivity contribution in [2.24, 2.45) is 0 Å². The molecule has 0 bridgehead atoms. The first kappa shape index (κ1) is 26.0. The Balaban J connectivity index is 0.00000304. The molecule has 0 spiro atoms. The zero-order valence-electron chi connectivity index (χ0n) is 19.8. The van der Waals surface area contributed by atoms with Crippen molar-refractivity contribution < 1.29 is 18.9 Å². The van der Waals surface area contributed by atoms with Gasteiger partial charge in [-0.3, -0.25) is 14.9 Å². The van der Waals surface area contributed by atoms with E-state index in [-0.39, 0.29) is 24.6 Å². The summed E-state index contributed by atoms with van der Waals surface area (Å²) in [4.78, 5) is 13.4. The molecule has 0 saturated carbocycles. The number of hydrogen-bond acceptors (Lipinski definition) is 5. The van der Waals surface area contributed by atoms with E-state index in [4.69, 9.17) is 23.2 Å². The van der Waals surface area contributed by atoms with Crippen LogP contribution in [0, 0.1) is 0 Å². The van der Waals surface area contributed by atoms with E-state index in [2.05, 4.69) is 32.6 Å². The van der Waals surface area contributed by atoms with Crippen LogP contribution >= 0.6 is 23.2 Å². The molecule has 0 N–H and O–H groups in total. The number of halogens is 2. The van der Waals surface area contributed by atoms with Gasteiger partial charge in [0.15, 0.2) is 0 Å². The third kappa shape index (κ3) is 5.06. The second-order valence-electron chi connectivity index (χ2n) is 8.00. The summed E-state index contributed by atoms with van der Waals surface area (Å²) in [6.45, 7) is 2.48. The zero-order valence-corrected chi connectivity index (χ0v) is 21.4. The van der Waals surface area contributed by atoms with E-state index in [1.165, 1.54) is 4.68 Å². The molecule has 5 aromatic rings. The fourth-order valence-electron chi connectivity index (χ4n) is 3.93. The molecule has 178 valence electrons. The van der Waals surface area contributed by atoms with Gasteiger partial charge in [-0.15, -0.1) is 5.10 Å². The molecule has 0 amide bonds. The number of para-hydroxylation sites is 1. The van der Waals surface area contributed by atoms with Gasteiger partial charge < -0.3 is 9.67 Å². The average molecular weight is 515 g/mol. The van der Waals surface area contributed by atoms with E-state index in [0.717, 1.165) is 29.8 Å². The zero-order chi connectivity index (χ0) is 24.4. The van der Waals surface area contributed by atoms with Gasteiger partial charge in [0.25, 0.3) is 0 Å². The van der Waals surface area contributed by atoms with E-state index in [9.17, 15) is 4.79 Å². The molecular formula is C24H21Cl2LiN8O. The second kappa shape index (κ2) is 11.3. The minimum absolute atomic E-state index is 0.